The Morgan fingerprint density at radius 2 is 2.15 bits per heavy atom. The van der Waals surface area contributed by atoms with Gasteiger partial charge >= 0.3 is 0 Å². The van der Waals surface area contributed by atoms with Crippen LogP contribution in [0.15, 0.2) is 46.9 Å². The largest absolute Gasteiger partial charge is 0.491 e. The van der Waals surface area contributed by atoms with Crippen LogP contribution in [0.3, 0.4) is 0 Å². The smallest absolute Gasteiger partial charge is 0.252 e. The molecule has 0 saturated carbocycles. The number of fused-ring (bicyclic) bond motifs is 2. The minimum Gasteiger partial charge on any atom is -0.491 e. The Morgan fingerprint density at radius 1 is 1.31 bits per heavy atom. The Bertz CT molecular complexity index is 788. The molecule has 0 saturated heterocycles. The van der Waals surface area contributed by atoms with Crippen molar-refractivity contribution in [1.29, 1.82) is 0 Å². The maximum absolute atomic E-state index is 13.5. The number of amides is 1. The van der Waals surface area contributed by atoms with E-state index in [2.05, 4.69) is 21.1 Å². The van der Waals surface area contributed by atoms with E-state index in [1.165, 1.54) is 12.1 Å². The van der Waals surface area contributed by atoms with Crippen LogP contribution in [0.1, 0.15) is 19.4 Å². The van der Waals surface area contributed by atoms with Crippen molar-refractivity contribution in [2.75, 3.05) is 19.7 Å². The van der Waals surface area contributed by atoms with E-state index in [1.54, 1.807) is 23.4 Å². The van der Waals surface area contributed by atoms with E-state index < -0.39 is 0 Å². The van der Waals surface area contributed by atoms with Crippen molar-refractivity contribution in [2.45, 2.75) is 20.4 Å². The van der Waals surface area contributed by atoms with Gasteiger partial charge in [0.25, 0.3) is 5.91 Å². The first kappa shape index (κ1) is 17.9. The van der Waals surface area contributed by atoms with Crippen molar-refractivity contribution < 1.29 is 13.9 Å². The van der Waals surface area contributed by atoms with E-state index in [0.717, 1.165) is 0 Å². The zero-order valence-electron chi connectivity index (χ0n) is 14.8. The van der Waals surface area contributed by atoms with E-state index >= 15 is 0 Å². The molecule has 3 heterocycles. The molecule has 138 valence electrons. The second-order valence-corrected chi connectivity index (χ2v) is 5.53. The first-order valence-corrected chi connectivity index (χ1v) is 8.66. The second-order valence-electron chi connectivity index (χ2n) is 5.53. The number of rotatable bonds is 0. The summed E-state index contributed by atoms with van der Waals surface area (Å²) in [5, 5.41) is 7.72. The first-order valence-electron chi connectivity index (χ1n) is 8.66. The van der Waals surface area contributed by atoms with Crippen LogP contribution in [-0.2, 0) is 11.3 Å². The normalized spacial score (nSPS) is 18.7. The Balaban J connectivity index is 0.000000948. The molecule has 1 amide bonds. The molecular weight excluding hydrogens is 337 g/mol. The van der Waals surface area contributed by atoms with E-state index in [-0.39, 0.29) is 18.3 Å². The van der Waals surface area contributed by atoms with Crippen molar-refractivity contribution in [1.82, 2.24) is 21.1 Å². The van der Waals surface area contributed by atoms with Gasteiger partial charge in [-0.3, -0.25) is 14.8 Å². The lowest BCUT2D eigenvalue weighted by Gasteiger charge is -2.23. The molecule has 4 rings (SSSR count). The topological polar surface area (TPSA) is 78.0 Å². The summed E-state index contributed by atoms with van der Waals surface area (Å²) in [6, 6.07) is 4.35. The third kappa shape index (κ3) is 3.70. The zero-order valence-corrected chi connectivity index (χ0v) is 14.8. The maximum Gasteiger partial charge on any atom is 0.252 e. The van der Waals surface area contributed by atoms with Gasteiger partial charge in [-0.2, -0.15) is 0 Å². The predicted octanol–water partition coefficient (Wildman–Crippen LogP) is 1.41. The van der Waals surface area contributed by atoms with E-state index in [9.17, 15) is 9.18 Å². The molecule has 0 fully saturated rings. The Labute approximate surface area is 151 Å². The number of halogens is 1. The van der Waals surface area contributed by atoms with Crippen molar-refractivity contribution in [2.24, 2.45) is 4.99 Å². The molecule has 3 N–H and O–H groups in total. The molecule has 0 unspecified atom stereocenters. The number of nitrogens with zero attached hydrogens (tertiary/aromatic N) is 2. The van der Waals surface area contributed by atoms with Crippen LogP contribution in [0.5, 0.6) is 5.75 Å². The van der Waals surface area contributed by atoms with Crippen LogP contribution in [0.4, 0.5) is 4.39 Å². The number of carbonyl (C=O) groups excluding carboxylic acids is 1. The van der Waals surface area contributed by atoms with E-state index in [0.29, 0.717) is 48.2 Å². The number of hydrazine groups is 1. The van der Waals surface area contributed by atoms with Crippen molar-refractivity contribution in [3.8, 4) is 5.75 Å². The van der Waals surface area contributed by atoms with Crippen LogP contribution in [-0.4, -0.2) is 36.4 Å². The standard InChI is InChI=1S/C16H16FN5O2.C2H6/c17-11-1-2-13-10(7-11)8-19-14-3-5-22-15(21-14)12(9-20-22)16(23)18-4-6-24-13;1-2/h1-3,5,7,20H,4,6,8-9H2,(H,18,23)(H,19,21);1-2H3. The van der Waals surface area contributed by atoms with Gasteiger partial charge in [0.1, 0.15) is 29.8 Å². The Kier molecular flexibility index (Phi) is 5.52. The number of ether oxygens (including phenoxy) is 1. The molecule has 0 spiro atoms. The van der Waals surface area contributed by atoms with Gasteiger partial charge < -0.3 is 15.4 Å². The summed E-state index contributed by atoms with van der Waals surface area (Å²) in [6.45, 7) is 5.36. The van der Waals surface area contributed by atoms with Gasteiger partial charge in [-0.25, -0.2) is 9.82 Å². The van der Waals surface area contributed by atoms with Crippen molar-refractivity contribution >= 4 is 11.7 Å². The number of nitrogens with one attached hydrogen (secondary N) is 3. The fraction of sp³-hybridized carbons (Fsp3) is 0.333. The van der Waals surface area contributed by atoms with Gasteiger partial charge in [0.15, 0.2) is 0 Å². The molecular formula is C18H22FN5O2. The second kappa shape index (κ2) is 8.01. The summed E-state index contributed by atoms with van der Waals surface area (Å²) >= 11 is 0. The number of carbonyl (C=O) groups is 1. The fourth-order valence-electron chi connectivity index (χ4n) is 2.74. The summed E-state index contributed by atoms with van der Waals surface area (Å²) in [6.07, 6.45) is 3.59. The lowest BCUT2D eigenvalue weighted by atomic mass is 10.2. The van der Waals surface area contributed by atoms with Crippen molar-refractivity contribution in [3.63, 3.8) is 0 Å². The Morgan fingerprint density at radius 3 is 3.00 bits per heavy atom. The molecule has 26 heavy (non-hydrogen) atoms. The van der Waals surface area contributed by atoms with Gasteiger partial charge in [0, 0.05) is 18.3 Å². The number of amidine groups is 1. The molecule has 0 aromatic heterocycles. The molecule has 7 nitrogen and oxygen atoms in total. The quantitative estimate of drug-likeness (QED) is 0.653. The summed E-state index contributed by atoms with van der Waals surface area (Å²) in [4.78, 5) is 16.8. The van der Waals surface area contributed by atoms with E-state index in [1.807, 2.05) is 13.8 Å². The number of hydrogen-bond donors (Lipinski definition) is 3. The predicted molar refractivity (Wildman–Crippen MR) is 96.5 cm³/mol. The van der Waals surface area contributed by atoms with Gasteiger partial charge in [-0.15, -0.1) is 0 Å². The van der Waals surface area contributed by atoms with E-state index in [4.69, 9.17) is 4.74 Å². The number of hydrogen-bond acceptors (Lipinski definition) is 6. The molecule has 1 aromatic rings. The highest BCUT2D eigenvalue weighted by Gasteiger charge is 2.28. The SMILES string of the molecule is CC.O=C1NCCOc2ccc(F)cc2CN=C2C=CN3NCC1=C3N2. The monoisotopic (exact) mass is 359 g/mol. The third-order valence-corrected chi connectivity index (χ3v) is 3.94. The molecule has 2 bridgehead atoms. The molecule has 8 heteroatoms. The molecule has 0 atom stereocenters. The highest BCUT2D eigenvalue weighted by molar-refractivity contribution is 5.99. The minimum absolute atomic E-state index is 0.163. The molecule has 3 aliphatic rings. The molecule has 0 radical (unpaired) electrons. The van der Waals surface area contributed by atoms with Gasteiger partial charge in [-0.05, 0) is 24.3 Å². The Hall–Kier alpha value is -2.87. The maximum atomic E-state index is 13.5. The number of aliphatic imine (C=N–C) groups is 1. The van der Waals surface area contributed by atoms with Crippen LogP contribution in [0.2, 0.25) is 0 Å². The van der Waals surface area contributed by atoms with Gasteiger partial charge in [-0.1, -0.05) is 13.8 Å². The average molecular weight is 359 g/mol. The third-order valence-electron chi connectivity index (χ3n) is 3.94. The van der Waals surface area contributed by atoms with Crippen LogP contribution in [0, 0.1) is 5.82 Å². The summed E-state index contributed by atoms with van der Waals surface area (Å²) in [5.41, 5.74) is 4.36. The highest BCUT2D eigenvalue weighted by atomic mass is 19.1. The molecule has 1 aromatic carbocycles. The fourth-order valence-corrected chi connectivity index (χ4v) is 2.74. The first-order chi connectivity index (χ1) is 12.7. The minimum atomic E-state index is -0.335. The van der Waals surface area contributed by atoms with Gasteiger partial charge in [0.2, 0.25) is 0 Å². The van der Waals surface area contributed by atoms with Crippen LogP contribution in [0.25, 0.3) is 0 Å². The van der Waals surface area contributed by atoms with Gasteiger partial charge in [0.05, 0.1) is 18.7 Å². The number of benzene rings is 1. The lowest BCUT2D eigenvalue weighted by molar-refractivity contribution is -0.117. The summed E-state index contributed by atoms with van der Waals surface area (Å²) in [7, 11) is 0. The summed E-state index contributed by atoms with van der Waals surface area (Å²) in [5.74, 6) is 1.33. The lowest BCUT2D eigenvalue weighted by Crippen LogP contribution is -2.39. The van der Waals surface area contributed by atoms with Crippen LogP contribution < -0.4 is 20.8 Å². The van der Waals surface area contributed by atoms with Crippen LogP contribution >= 0.6 is 0 Å². The highest BCUT2D eigenvalue weighted by Crippen LogP contribution is 2.22. The molecule has 3 aliphatic heterocycles. The van der Waals surface area contributed by atoms with Crippen molar-refractivity contribution in [3.05, 3.63) is 53.2 Å². The average Bonchev–Trinajstić information content (AvgIpc) is 3.09. The zero-order chi connectivity index (χ0) is 18.5. The summed E-state index contributed by atoms with van der Waals surface area (Å²) < 4.78 is 19.2. The molecule has 0 aliphatic carbocycles.